The molecule has 0 aliphatic heterocycles. The van der Waals surface area contributed by atoms with Crippen LogP contribution in [0.4, 0.5) is 0 Å². The van der Waals surface area contributed by atoms with Gasteiger partial charge in [0, 0.05) is 13.2 Å². The van der Waals surface area contributed by atoms with E-state index in [-0.39, 0.29) is 18.4 Å². The number of aliphatic imine (C=N–C) groups is 1. The molecule has 12 heavy (non-hydrogen) atoms. The van der Waals surface area contributed by atoms with Crippen LogP contribution in [0.3, 0.4) is 0 Å². The maximum atomic E-state index is 10.7. The van der Waals surface area contributed by atoms with Gasteiger partial charge in [0.25, 0.3) is 5.91 Å². The minimum atomic E-state index is -0.214. The van der Waals surface area contributed by atoms with Crippen LogP contribution in [0.15, 0.2) is 30.4 Å². The molecule has 0 rings (SSSR count). The summed E-state index contributed by atoms with van der Waals surface area (Å²) in [6.07, 6.45) is 2.73. The van der Waals surface area contributed by atoms with Crippen LogP contribution < -0.4 is 5.32 Å². The number of rotatable bonds is 4. The lowest BCUT2D eigenvalue weighted by molar-refractivity contribution is -0.122. The SMILES string of the molecule is C=CN=C(C=C)OCC(=O)NC. The van der Waals surface area contributed by atoms with E-state index in [2.05, 4.69) is 23.5 Å². The molecule has 0 aliphatic rings. The minimum absolute atomic E-state index is 0.0603. The lowest BCUT2D eigenvalue weighted by Crippen LogP contribution is -2.24. The summed E-state index contributed by atoms with van der Waals surface area (Å²) in [6.45, 7) is 6.77. The van der Waals surface area contributed by atoms with E-state index in [0.717, 1.165) is 0 Å². The number of carbonyl (C=O) groups excluding carboxylic acids is 1. The summed E-state index contributed by atoms with van der Waals surface area (Å²) in [5.41, 5.74) is 0. The van der Waals surface area contributed by atoms with Gasteiger partial charge in [0.15, 0.2) is 6.61 Å². The second-order valence-electron chi connectivity index (χ2n) is 1.82. The molecule has 0 aromatic rings. The van der Waals surface area contributed by atoms with Gasteiger partial charge < -0.3 is 10.1 Å². The number of hydrogen-bond donors (Lipinski definition) is 1. The highest BCUT2D eigenvalue weighted by molar-refractivity contribution is 5.89. The molecule has 0 heterocycles. The molecule has 0 saturated heterocycles. The molecule has 0 bridgehead atoms. The molecule has 0 aromatic heterocycles. The second-order valence-corrected chi connectivity index (χ2v) is 1.82. The summed E-state index contributed by atoms with van der Waals surface area (Å²) in [7, 11) is 1.53. The van der Waals surface area contributed by atoms with Crippen molar-refractivity contribution in [1.29, 1.82) is 0 Å². The van der Waals surface area contributed by atoms with Gasteiger partial charge in [-0.15, -0.1) is 0 Å². The average Bonchev–Trinajstić information content (AvgIpc) is 2.11. The number of ether oxygens (including phenoxy) is 1. The molecule has 0 unspecified atom stereocenters. The molecule has 0 aliphatic carbocycles. The summed E-state index contributed by atoms with van der Waals surface area (Å²) in [5, 5.41) is 2.41. The van der Waals surface area contributed by atoms with Gasteiger partial charge in [0.1, 0.15) is 0 Å². The molecule has 0 aromatic carbocycles. The van der Waals surface area contributed by atoms with E-state index >= 15 is 0 Å². The Balaban J connectivity index is 3.88. The van der Waals surface area contributed by atoms with Gasteiger partial charge in [-0.1, -0.05) is 13.2 Å². The fourth-order valence-corrected chi connectivity index (χ4v) is 0.451. The van der Waals surface area contributed by atoms with Crippen molar-refractivity contribution in [2.45, 2.75) is 0 Å². The molecule has 0 atom stereocenters. The van der Waals surface area contributed by atoms with Gasteiger partial charge in [-0.25, -0.2) is 4.99 Å². The van der Waals surface area contributed by atoms with Crippen molar-refractivity contribution in [2.24, 2.45) is 4.99 Å². The summed E-state index contributed by atoms with van der Waals surface area (Å²) >= 11 is 0. The molecule has 0 spiro atoms. The second kappa shape index (κ2) is 6.15. The van der Waals surface area contributed by atoms with Crippen LogP contribution in [-0.4, -0.2) is 25.5 Å². The van der Waals surface area contributed by atoms with Crippen LogP contribution in [0, 0.1) is 0 Å². The van der Waals surface area contributed by atoms with Crippen molar-refractivity contribution in [3.63, 3.8) is 0 Å². The Morgan fingerprint density at radius 2 is 2.33 bits per heavy atom. The standard InChI is InChI=1S/C8H12N2O2/c1-4-8(10-5-2)12-6-7(11)9-3/h4-5H,1-2,6H2,3H3,(H,9,11). The Hall–Kier alpha value is -1.58. The maximum absolute atomic E-state index is 10.7. The van der Waals surface area contributed by atoms with Crippen molar-refractivity contribution >= 4 is 11.8 Å². The van der Waals surface area contributed by atoms with Gasteiger partial charge in [-0.05, 0) is 6.08 Å². The number of likely N-dealkylation sites (N-methyl/N-ethyl adjacent to an activating group) is 1. The monoisotopic (exact) mass is 168 g/mol. The fourth-order valence-electron chi connectivity index (χ4n) is 0.451. The summed E-state index contributed by atoms with van der Waals surface area (Å²) in [5.74, 6) is 0.0715. The molecule has 4 nitrogen and oxygen atoms in total. The van der Waals surface area contributed by atoms with Crippen LogP contribution >= 0.6 is 0 Å². The van der Waals surface area contributed by atoms with E-state index < -0.39 is 0 Å². The highest BCUT2D eigenvalue weighted by atomic mass is 16.5. The molecule has 66 valence electrons. The van der Waals surface area contributed by atoms with Crippen LogP contribution in [0.2, 0.25) is 0 Å². The third kappa shape index (κ3) is 4.27. The zero-order valence-electron chi connectivity index (χ0n) is 7.04. The van der Waals surface area contributed by atoms with E-state index in [4.69, 9.17) is 4.74 Å². The van der Waals surface area contributed by atoms with E-state index in [9.17, 15) is 4.79 Å². The zero-order chi connectivity index (χ0) is 9.40. The highest BCUT2D eigenvalue weighted by Gasteiger charge is 1.98. The maximum Gasteiger partial charge on any atom is 0.257 e. The van der Waals surface area contributed by atoms with Gasteiger partial charge in [0.2, 0.25) is 5.90 Å². The van der Waals surface area contributed by atoms with Crippen molar-refractivity contribution in [2.75, 3.05) is 13.7 Å². The molecule has 4 heteroatoms. The quantitative estimate of drug-likeness (QED) is 0.490. The van der Waals surface area contributed by atoms with E-state index in [1.54, 1.807) is 0 Å². The lowest BCUT2D eigenvalue weighted by Gasteiger charge is -2.02. The smallest absolute Gasteiger partial charge is 0.257 e. The van der Waals surface area contributed by atoms with Gasteiger partial charge in [-0.3, -0.25) is 4.79 Å². The Kier molecular flexibility index (Phi) is 5.34. The number of carbonyl (C=O) groups is 1. The Bertz CT molecular complexity index is 209. The number of hydrogen-bond acceptors (Lipinski definition) is 3. The van der Waals surface area contributed by atoms with Crippen LogP contribution in [-0.2, 0) is 9.53 Å². The van der Waals surface area contributed by atoms with E-state index in [0.29, 0.717) is 0 Å². The van der Waals surface area contributed by atoms with Crippen molar-refractivity contribution < 1.29 is 9.53 Å². The Morgan fingerprint density at radius 1 is 1.67 bits per heavy atom. The topological polar surface area (TPSA) is 50.7 Å². The van der Waals surface area contributed by atoms with Gasteiger partial charge in [0.05, 0.1) is 0 Å². The van der Waals surface area contributed by atoms with E-state index in [1.807, 2.05) is 0 Å². The van der Waals surface area contributed by atoms with Crippen LogP contribution in [0.25, 0.3) is 0 Å². The first-order valence-corrected chi connectivity index (χ1v) is 3.39. The molecule has 0 fully saturated rings. The minimum Gasteiger partial charge on any atom is -0.468 e. The van der Waals surface area contributed by atoms with Gasteiger partial charge >= 0.3 is 0 Å². The number of amides is 1. The van der Waals surface area contributed by atoms with Crippen molar-refractivity contribution in [1.82, 2.24) is 5.32 Å². The molecular formula is C8H12N2O2. The first-order valence-electron chi connectivity index (χ1n) is 3.39. The summed E-state index contributed by atoms with van der Waals surface area (Å²) < 4.78 is 4.93. The Morgan fingerprint density at radius 3 is 2.75 bits per heavy atom. The van der Waals surface area contributed by atoms with Gasteiger partial charge in [-0.2, -0.15) is 0 Å². The molecule has 0 radical (unpaired) electrons. The number of nitrogens with one attached hydrogen (secondary N) is 1. The van der Waals surface area contributed by atoms with E-state index in [1.165, 1.54) is 19.3 Å². The average molecular weight is 168 g/mol. The first kappa shape index (κ1) is 10.4. The fraction of sp³-hybridized carbons (Fsp3) is 0.250. The predicted molar refractivity (Wildman–Crippen MR) is 47.8 cm³/mol. The predicted octanol–water partition coefficient (Wildman–Crippen LogP) is 0.477. The molecule has 1 amide bonds. The normalized spacial score (nSPS) is 10.2. The van der Waals surface area contributed by atoms with Crippen LogP contribution in [0.1, 0.15) is 0 Å². The third-order valence-corrected chi connectivity index (χ3v) is 1.02. The molecule has 1 N–H and O–H groups in total. The third-order valence-electron chi connectivity index (χ3n) is 1.02. The van der Waals surface area contributed by atoms with Crippen LogP contribution in [0.5, 0.6) is 0 Å². The molecular weight excluding hydrogens is 156 g/mol. The lowest BCUT2D eigenvalue weighted by atomic mass is 10.6. The van der Waals surface area contributed by atoms with Crippen molar-refractivity contribution in [3.05, 3.63) is 25.4 Å². The first-order chi connectivity index (χ1) is 5.74. The Labute approximate surface area is 71.6 Å². The highest BCUT2D eigenvalue weighted by Crippen LogP contribution is 1.85. The number of nitrogens with zero attached hydrogens (tertiary/aromatic N) is 1. The molecule has 0 saturated carbocycles. The zero-order valence-corrected chi connectivity index (χ0v) is 7.04. The largest absolute Gasteiger partial charge is 0.468 e. The van der Waals surface area contributed by atoms with Crippen molar-refractivity contribution in [3.8, 4) is 0 Å². The summed E-state index contributed by atoms with van der Waals surface area (Å²) in [6, 6.07) is 0. The summed E-state index contributed by atoms with van der Waals surface area (Å²) in [4.78, 5) is 14.4.